The highest BCUT2D eigenvalue weighted by Crippen LogP contribution is 2.39. The molecular weight excluding hydrogens is 621 g/mol. The second kappa shape index (κ2) is 11.2. The molecule has 0 bridgehead atoms. The minimum absolute atomic E-state index is 0.0406. The Hall–Kier alpha value is -2.61. The maximum Gasteiger partial charge on any atom is 0.416 e. The fourth-order valence-electron chi connectivity index (χ4n) is 4.60. The van der Waals surface area contributed by atoms with Gasteiger partial charge in [-0.3, -0.25) is 9.52 Å². The summed E-state index contributed by atoms with van der Waals surface area (Å²) in [6, 6.07) is 11.1. The average Bonchev–Trinajstić information content (AvgIpc) is 3.61. The lowest BCUT2D eigenvalue weighted by atomic mass is 10.2. The SMILES string of the molecule is O=C(c1nc(NS(=O)(=O)c2ccc(C(F)(F)F)cc2Cl)ccc1Sc1ccc(S(=O)(=O)C2CCCC2)cc1)C1CC1. The third-order valence-corrected chi connectivity index (χ3v) is 12.1. The molecule has 2 saturated carbocycles. The molecule has 41 heavy (non-hydrogen) atoms. The van der Waals surface area contributed by atoms with Gasteiger partial charge in [-0.05, 0) is 80.3 Å². The zero-order valence-electron chi connectivity index (χ0n) is 21.3. The van der Waals surface area contributed by atoms with Gasteiger partial charge in [-0.2, -0.15) is 13.2 Å². The highest BCUT2D eigenvalue weighted by atomic mass is 35.5. The standard InChI is InChI=1S/C27H24ClF3N2O5S3/c28-21-15-17(27(29,30)31)7-13-23(21)41(37,38)33-24-14-12-22(25(32-24)26(34)16-5-6-16)39-18-8-10-20(11-9-18)40(35,36)19-3-1-2-4-19/h7-16,19H,1-6H2,(H,32,33). The third kappa shape index (κ3) is 6.58. The molecule has 7 nitrogen and oxygen atoms in total. The Kier molecular flexibility index (Phi) is 8.18. The lowest BCUT2D eigenvalue weighted by molar-refractivity contribution is -0.137. The van der Waals surface area contributed by atoms with Crippen molar-refractivity contribution in [3.8, 4) is 0 Å². The number of benzene rings is 2. The van der Waals surface area contributed by atoms with Crippen molar-refractivity contribution >= 4 is 54.8 Å². The first kappa shape index (κ1) is 29.9. The Morgan fingerprint density at radius 2 is 1.59 bits per heavy atom. The first-order chi connectivity index (χ1) is 19.3. The summed E-state index contributed by atoms with van der Waals surface area (Å²) in [5, 5.41) is -0.992. The maximum absolute atomic E-state index is 13.1. The molecule has 0 amide bonds. The number of hydrogen-bond acceptors (Lipinski definition) is 7. The zero-order chi connectivity index (χ0) is 29.6. The molecule has 5 rings (SSSR count). The summed E-state index contributed by atoms with van der Waals surface area (Å²) < 4.78 is 92.8. The largest absolute Gasteiger partial charge is 0.416 e. The number of rotatable bonds is 9. The van der Waals surface area contributed by atoms with Crippen molar-refractivity contribution in [1.29, 1.82) is 0 Å². The van der Waals surface area contributed by atoms with Crippen LogP contribution in [0.2, 0.25) is 5.02 Å². The van der Waals surface area contributed by atoms with Gasteiger partial charge in [0, 0.05) is 15.7 Å². The van der Waals surface area contributed by atoms with Crippen LogP contribution in [-0.4, -0.2) is 32.9 Å². The van der Waals surface area contributed by atoms with Crippen LogP contribution in [0.4, 0.5) is 19.0 Å². The lowest BCUT2D eigenvalue weighted by Gasteiger charge is -2.14. The molecule has 0 atom stereocenters. The van der Waals surface area contributed by atoms with Crippen LogP contribution in [0.3, 0.4) is 0 Å². The smallest absolute Gasteiger partial charge is 0.292 e. The monoisotopic (exact) mass is 644 g/mol. The Labute approximate surface area is 244 Å². The van der Waals surface area contributed by atoms with Crippen LogP contribution < -0.4 is 4.72 Å². The molecule has 2 fully saturated rings. The number of nitrogens with zero attached hydrogens (tertiary/aromatic N) is 1. The van der Waals surface area contributed by atoms with Gasteiger partial charge < -0.3 is 0 Å². The molecule has 1 aromatic heterocycles. The van der Waals surface area contributed by atoms with Crippen molar-refractivity contribution in [3.05, 3.63) is 70.9 Å². The number of Topliss-reactive ketones (excluding diaryl/α,β-unsaturated/α-hetero) is 1. The third-order valence-electron chi connectivity index (χ3n) is 6.95. The molecule has 218 valence electrons. The van der Waals surface area contributed by atoms with E-state index in [1.54, 1.807) is 24.3 Å². The highest BCUT2D eigenvalue weighted by Gasteiger charge is 2.35. The summed E-state index contributed by atoms with van der Waals surface area (Å²) >= 11 is 7.06. The van der Waals surface area contributed by atoms with Crippen LogP contribution in [0.5, 0.6) is 0 Å². The first-order valence-electron chi connectivity index (χ1n) is 12.7. The van der Waals surface area contributed by atoms with Crippen molar-refractivity contribution in [1.82, 2.24) is 4.98 Å². The minimum atomic E-state index is -4.70. The van der Waals surface area contributed by atoms with Gasteiger partial charge in [0.15, 0.2) is 15.6 Å². The maximum atomic E-state index is 13.1. The molecule has 2 aromatic carbocycles. The van der Waals surface area contributed by atoms with Crippen LogP contribution in [0.1, 0.15) is 54.6 Å². The van der Waals surface area contributed by atoms with Gasteiger partial charge >= 0.3 is 6.18 Å². The van der Waals surface area contributed by atoms with Crippen molar-refractivity contribution < 1.29 is 34.8 Å². The van der Waals surface area contributed by atoms with Crippen molar-refractivity contribution in [3.63, 3.8) is 0 Å². The fourth-order valence-corrected chi connectivity index (χ4v) is 8.91. The second-order valence-electron chi connectivity index (χ2n) is 9.96. The van der Waals surface area contributed by atoms with E-state index in [0.717, 1.165) is 18.9 Å². The van der Waals surface area contributed by atoms with E-state index in [1.165, 1.54) is 23.9 Å². The minimum Gasteiger partial charge on any atom is -0.292 e. The number of ketones is 1. The van der Waals surface area contributed by atoms with Crippen LogP contribution in [0.25, 0.3) is 0 Å². The van der Waals surface area contributed by atoms with E-state index in [9.17, 15) is 34.8 Å². The number of nitrogens with one attached hydrogen (secondary N) is 1. The zero-order valence-corrected chi connectivity index (χ0v) is 24.5. The summed E-state index contributed by atoms with van der Waals surface area (Å²) in [6.07, 6.45) is -0.253. The molecule has 1 N–H and O–H groups in total. The number of anilines is 1. The van der Waals surface area contributed by atoms with Gasteiger partial charge in [0.1, 0.15) is 16.4 Å². The van der Waals surface area contributed by atoms with Gasteiger partial charge in [-0.15, -0.1) is 0 Å². The highest BCUT2D eigenvalue weighted by molar-refractivity contribution is 7.99. The van der Waals surface area contributed by atoms with Gasteiger partial charge in [0.05, 0.1) is 20.7 Å². The molecule has 0 unspecified atom stereocenters. The molecule has 14 heteroatoms. The number of alkyl halides is 3. The van der Waals surface area contributed by atoms with E-state index in [1.807, 2.05) is 0 Å². The number of hydrogen-bond donors (Lipinski definition) is 1. The molecule has 0 spiro atoms. The first-order valence-corrected chi connectivity index (χ1v) is 16.9. The summed E-state index contributed by atoms with van der Waals surface area (Å²) in [4.78, 5) is 18.1. The quantitative estimate of drug-likeness (QED) is 0.249. The number of carbonyl (C=O) groups excluding carboxylic acids is 1. The van der Waals surface area contributed by atoms with Gasteiger partial charge in [-0.25, -0.2) is 21.8 Å². The van der Waals surface area contributed by atoms with Gasteiger partial charge in [0.2, 0.25) is 0 Å². The summed E-state index contributed by atoms with van der Waals surface area (Å²) in [5.74, 6) is -0.703. The van der Waals surface area contributed by atoms with Gasteiger partial charge in [-0.1, -0.05) is 36.2 Å². The predicted molar refractivity (Wildman–Crippen MR) is 149 cm³/mol. The summed E-state index contributed by atoms with van der Waals surface area (Å²) in [7, 11) is -7.86. The van der Waals surface area contributed by atoms with Crippen LogP contribution >= 0.6 is 23.4 Å². The van der Waals surface area contributed by atoms with Crippen molar-refractivity contribution in [2.75, 3.05) is 4.72 Å². The van der Waals surface area contributed by atoms with E-state index >= 15 is 0 Å². The molecule has 2 aliphatic carbocycles. The Morgan fingerprint density at radius 3 is 2.17 bits per heavy atom. The Bertz CT molecular complexity index is 1700. The van der Waals surface area contributed by atoms with E-state index in [0.29, 0.717) is 47.6 Å². The number of carbonyl (C=O) groups is 1. The average molecular weight is 645 g/mol. The number of aromatic nitrogens is 1. The van der Waals surface area contributed by atoms with Crippen LogP contribution in [-0.2, 0) is 26.0 Å². The molecule has 2 aliphatic rings. The van der Waals surface area contributed by atoms with E-state index in [2.05, 4.69) is 9.71 Å². The number of sulfone groups is 1. The summed E-state index contributed by atoms with van der Waals surface area (Å²) in [6.45, 7) is 0. The fraction of sp³-hybridized carbons (Fsp3) is 0.333. The van der Waals surface area contributed by atoms with E-state index < -0.39 is 41.5 Å². The van der Waals surface area contributed by atoms with Crippen molar-refractivity contribution in [2.45, 2.75) is 69.5 Å². The molecule has 0 aliphatic heterocycles. The predicted octanol–water partition coefficient (Wildman–Crippen LogP) is 7.01. The lowest BCUT2D eigenvalue weighted by Crippen LogP contribution is -2.17. The van der Waals surface area contributed by atoms with Crippen molar-refractivity contribution in [2.24, 2.45) is 5.92 Å². The summed E-state index contributed by atoms with van der Waals surface area (Å²) in [5.41, 5.74) is -1.05. The second-order valence-corrected chi connectivity index (χ2v) is 15.4. The molecule has 0 radical (unpaired) electrons. The number of sulfonamides is 1. The Morgan fingerprint density at radius 1 is 0.927 bits per heavy atom. The topological polar surface area (TPSA) is 110 Å². The van der Waals surface area contributed by atoms with Gasteiger partial charge in [0.25, 0.3) is 10.0 Å². The normalized spacial score (nSPS) is 16.6. The number of pyridine rings is 1. The van der Waals surface area contributed by atoms with E-state index in [-0.39, 0.29) is 33.4 Å². The number of halogens is 4. The Balaban J connectivity index is 1.39. The molecule has 3 aromatic rings. The van der Waals surface area contributed by atoms with Crippen LogP contribution in [0.15, 0.2) is 74.2 Å². The molecule has 1 heterocycles. The molecular formula is C27H24ClF3N2O5S3. The van der Waals surface area contributed by atoms with Crippen LogP contribution in [0, 0.1) is 5.92 Å². The molecule has 0 saturated heterocycles. The van der Waals surface area contributed by atoms with E-state index in [4.69, 9.17) is 11.6 Å².